The summed E-state index contributed by atoms with van der Waals surface area (Å²) in [6.07, 6.45) is 6.33. The van der Waals surface area contributed by atoms with E-state index in [0.29, 0.717) is 12.1 Å². The quantitative estimate of drug-likeness (QED) is 0.775. The molecule has 0 radical (unpaired) electrons. The summed E-state index contributed by atoms with van der Waals surface area (Å²) in [6.45, 7) is 4.61. The molecule has 0 saturated heterocycles. The average molecular weight is 244 g/mol. The van der Waals surface area contributed by atoms with Crippen molar-refractivity contribution in [3.8, 4) is 5.75 Å². The van der Waals surface area contributed by atoms with Crippen molar-refractivity contribution in [1.29, 1.82) is 0 Å². The van der Waals surface area contributed by atoms with Gasteiger partial charge in [0.1, 0.15) is 5.75 Å². The lowest BCUT2D eigenvalue weighted by Crippen LogP contribution is -2.04. The van der Waals surface area contributed by atoms with E-state index in [1.54, 1.807) is 19.4 Å². The normalized spacial score (nSPS) is 10.4. The second kappa shape index (κ2) is 5.04. The zero-order chi connectivity index (χ0) is 13.1. The van der Waals surface area contributed by atoms with Gasteiger partial charge in [-0.05, 0) is 19.9 Å². The number of carbonyl (C=O) groups excluding carboxylic acids is 1. The summed E-state index contributed by atoms with van der Waals surface area (Å²) in [6, 6.07) is 1.79. The van der Waals surface area contributed by atoms with Crippen molar-refractivity contribution in [1.82, 2.24) is 9.55 Å². The number of methoxy groups -OCH3 is 1. The Kier molecular flexibility index (Phi) is 3.46. The summed E-state index contributed by atoms with van der Waals surface area (Å²) < 4.78 is 7.31. The van der Waals surface area contributed by atoms with Crippen molar-refractivity contribution in [3.05, 3.63) is 47.0 Å². The van der Waals surface area contributed by atoms with E-state index < -0.39 is 0 Å². The van der Waals surface area contributed by atoms with E-state index in [0.717, 1.165) is 28.9 Å². The molecule has 0 bridgehead atoms. The van der Waals surface area contributed by atoms with E-state index in [2.05, 4.69) is 4.98 Å². The van der Waals surface area contributed by atoms with Crippen LogP contribution in [0.1, 0.15) is 27.2 Å². The molecular formula is C14H16N2O2. The van der Waals surface area contributed by atoms with E-state index in [4.69, 9.17) is 4.74 Å². The number of nitrogens with zero attached hydrogens (tertiary/aromatic N) is 2. The van der Waals surface area contributed by atoms with Crippen molar-refractivity contribution in [3.63, 3.8) is 0 Å². The van der Waals surface area contributed by atoms with Crippen LogP contribution in [0.2, 0.25) is 0 Å². The summed E-state index contributed by atoms with van der Waals surface area (Å²) in [4.78, 5) is 15.1. The van der Waals surface area contributed by atoms with Crippen molar-refractivity contribution < 1.29 is 9.53 Å². The molecule has 0 aliphatic heterocycles. The predicted octanol–water partition coefficient (Wildman–Crippen LogP) is 2.37. The van der Waals surface area contributed by atoms with E-state index in [1.165, 1.54) is 0 Å². The number of rotatable bonds is 4. The second-order valence-corrected chi connectivity index (χ2v) is 4.28. The third-order valence-electron chi connectivity index (χ3n) is 2.99. The molecule has 2 aromatic rings. The molecule has 2 aromatic heterocycles. The molecule has 0 aliphatic rings. The van der Waals surface area contributed by atoms with Gasteiger partial charge in [0.05, 0.1) is 19.3 Å². The average Bonchev–Trinajstić information content (AvgIpc) is 2.81. The van der Waals surface area contributed by atoms with Crippen molar-refractivity contribution in [2.45, 2.75) is 20.4 Å². The van der Waals surface area contributed by atoms with Crippen LogP contribution in [0.25, 0.3) is 0 Å². The Hall–Kier alpha value is -2.10. The Labute approximate surface area is 106 Å². The van der Waals surface area contributed by atoms with Gasteiger partial charge in [0.25, 0.3) is 0 Å². The van der Waals surface area contributed by atoms with Crippen LogP contribution in [-0.2, 0) is 6.54 Å². The molecule has 0 saturated carbocycles. The number of aryl methyl sites for hydroxylation is 1. The van der Waals surface area contributed by atoms with Crippen LogP contribution in [-0.4, -0.2) is 22.9 Å². The second-order valence-electron chi connectivity index (χ2n) is 4.28. The monoisotopic (exact) mass is 244 g/mol. The van der Waals surface area contributed by atoms with E-state index in [9.17, 15) is 4.79 Å². The van der Waals surface area contributed by atoms with Crippen LogP contribution in [0, 0.1) is 13.8 Å². The molecule has 2 rings (SSSR count). The maximum absolute atomic E-state index is 10.6. The zero-order valence-corrected chi connectivity index (χ0v) is 10.8. The number of hydrogen-bond donors (Lipinski definition) is 0. The Morgan fingerprint density at radius 2 is 2.22 bits per heavy atom. The lowest BCUT2D eigenvalue weighted by Gasteiger charge is -2.12. The summed E-state index contributed by atoms with van der Waals surface area (Å²) in [7, 11) is 1.67. The fourth-order valence-electron chi connectivity index (χ4n) is 2.03. The Bertz CT molecular complexity index is 573. The van der Waals surface area contributed by atoms with Gasteiger partial charge in [0, 0.05) is 35.3 Å². The third kappa shape index (κ3) is 2.27. The number of aldehydes is 1. The van der Waals surface area contributed by atoms with Gasteiger partial charge in [-0.2, -0.15) is 0 Å². The fourth-order valence-corrected chi connectivity index (χ4v) is 2.03. The highest BCUT2D eigenvalue weighted by Crippen LogP contribution is 2.24. The van der Waals surface area contributed by atoms with Gasteiger partial charge in [-0.25, -0.2) is 0 Å². The predicted molar refractivity (Wildman–Crippen MR) is 69.2 cm³/mol. The maximum atomic E-state index is 10.6. The molecule has 0 unspecified atom stereocenters. The number of ether oxygens (including phenoxy) is 1. The SMILES string of the molecule is COc1c(C)cnc(Cn2ccc(C=O)c2)c1C. The molecule has 4 nitrogen and oxygen atoms in total. The van der Waals surface area contributed by atoms with Crippen LogP contribution in [0.15, 0.2) is 24.7 Å². The molecule has 0 fully saturated rings. The van der Waals surface area contributed by atoms with Crippen LogP contribution in [0.4, 0.5) is 0 Å². The molecule has 0 N–H and O–H groups in total. The van der Waals surface area contributed by atoms with Crippen molar-refractivity contribution in [2.75, 3.05) is 7.11 Å². The van der Waals surface area contributed by atoms with Gasteiger partial charge in [0.15, 0.2) is 6.29 Å². The largest absolute Gasteiger partial charge is 0.496 e. The molecule has 0 atom stereocenters. The summed E-state index contributed by atoms with van der Waals surface area (Å²) in [5.41, 5.74) is 3.69. The Morgan fingerprint density at radius 1 is 1.44 bits per heavy atom. The lowest BCUT2D eigenvalue weighted by molar-refractivity contribution is 0.112. The smallest absolute Gasteiger partial charge is 0.151 e. The molecule has 0 amide bonds. The number of hydrogen-bond acceptors (Lipinski definition) is 3. The zero-order valence-electron chi connectivity index (χ0n) is 10.8. The van der Waals surface area contributed by atoms with Gasteiger partial charge < -0.3 is 9.30 Å². The molecule has 0 spiro atoms. The Morgan fingerprint density at radius 3 is 2.83 bits per heavy atom. The van der Waals surface area contributed by atoms with Gasteiger partial charge in [-0.1, -0.05) is 0 Å². The van der Waals surface area contributed by atoms with Crippen LogP contribution >= 0.6 is 0 Å². The van der Waals surface area contributed by atoms with Gasteiger partial charge in [-0.3, -0.25) is 9.78 Å². The minimum absolute atomic E-state index is 0.635. The van der Waals surface area contributed by atoms with Crippen molar-refractivity contribution in [2.24, 2.45) is 0 Å². The molecule has 4 heteroatoms. The highest BCUT2D eigenvalue weighted by Gasteiger charge is 2.09. The molecule has 0 aromatic carbocycles. The van der Waals surface area contributed by atoms with Crippen LogP contribution < -0.4 is 4.74 Å². The Balaban J connectivity index is 2.31. The lowest BCUT2D eigenvalue weighted by atomic mass is 10.1. The highest BCUT2D eigenvalue weighted by atomic mass is 16.5. The third-order valence-corrected chi connectivity index (χ3v) is 2.99. The molecule has 94 valence electrons. The molecule has 0 aliphatic carbocycles. The first-order chi connectivity index (χ1) is 8.65. The van der Waals surface area contributed by atoms with E-state index in [1.807, 2.05) is 30.8 Å². The highest BCUT2D eigenvalue weighted by molar-refractivity contribution is 5.74. The number of pyridine rings is 1. The minimum Gasteiger partial charge on any atom is -0.496 e. The number of carbonyl (C=O) groups is 1. The summed E-state index contributed by atoms with van der Waals surface area (Å²) in [5.74, 6) is 0.878. The van der Waals surface area contributed by atoms with Crippen LogP contribution in [0.5, 0.6) is 5.75 Å². The standard InChI is InChI=1S/C14H16N2O2/c1-10-6-15-13(11(2)14(10)18-3)8-16-5-4-12(7-16)9-17/h4-7,9H,8H2,1-3H3. The maximum Gasteiger partial charge on any atom is 0.151 e. The fraction of sp³-hybridized carbons (Fsp3) is 0.286. The summed E-state index contributed by atoms with van der Waals surface area (Å²) in [5, 5.41) is 0. The molecule has 18 heavy (non-hydrogen) atoms. The topological polar surface area (TPSA) is 44.1 Å². The van der Waals surface area contributed by atoms with E-state index >= 15 is 0 Å². The first kappa shape index (κ1) is 12.4. The van der Waals surface area contributed by atoms with Crippen LogP contribution in [0.3, 0.4) is 0 Å². The molecular weight excluding hydrogens is 228 g/mol. The van der Waals surface area contributed by atoms with Gasteiger partial charge >= 0.3 is 0 Å². The van der Waals surface area contributed by atoms with E-state index in [-0.39, 0.29) is 0 Å². The van der Waals surface area contributed by atoms with Gasteiger partial charge in [-0.15, -0.1) is 0 Å². The number of aromatic nitrogens is 2. The first-order valence-corrected chi connectivity index (χ1v) is 5.75. The summed E-state index contributed by atoms with van der Waals surface area (Å²) >= 11 is 0. The first-order valence-electron chi connectivity index (χ1n) is 5.75. The minimum atomic E-state index is 0.635. The molecule has 2 heterocycles. The van der Waals surface area contributed by atoms with Gasteiger partial charge in [0.2, 0.25) is 0 Å². The van der Waals surface area contributed by atoms with Crippen molar-refractivity contribution >= 4 is 6.29 Å².